The molecule has 0 radical (unpaired) electrons. The summed E-state index contributed by atoms with van der Waals surface area (Å²) in [6, 6.07) is 10.3. The maximum Gasteiger partial charge on any atom is 0.241 e. The van der Waals surface area contributed by atoms with Crippen molar-refractivity contribution in [2.75, 3.05) is 0 Å². The molecule has 0 saturated heterocycles. The van der Waals surface area contributed by atoms with Crippen LogP contribution in [0.3, 0.4) is 0 Å². The first-order valence-corrected chi connectivity index (χ1v) is 8.94. The summed E-state index contributed by atoms with van der Waals surface area (Å²) in [5.41, 5.74) is 0.835. The molecule has 0 fully saturated rings. The van der Waals surface area contributed by atoms with E-state index < -0.39 is 27.8 Å². The van der Waals surface area contributed by atoms with Gasteiger partial charge in [-0.05, 0) is 48.9 Å². The van der Waals surface area contributed by atoms with Crippen LogP contribution in [-0.4, -0.2) is 20.4 Å². The van der Waals surface area contributed by atoms with Crippen molar-refractivity contribution in [2.24, 2.45) is 0 Å². The molecular formula is C16H16ClFN2O3S. The molecule has 0 heterocycles. The minimum absolute atomic E-state index is 0.110. The SMILES string of the molecule is C[C@H](NS(=O)(=O)c1ccc(F)cc1)C(=O)NCc1ccc(Cl)cc1. The third kappa shape index (κ3) is 5.02. The molecule has 0 aliphatic carbocycles. The van der Waals surface area contributed by atoms with Crippen LogP contribution in [0.2, 0.25) is 5.02 Å². The van der Waals surface area contributed by atoms with E-state index in [0.717, 1.165) is 29.8 Å². The third-order valence-corrected chi connectivity index (χ3v) is 5.04. The zero-order valence-electron chi connectivity index (χ0n) is 12.8. The molecule has 1 amide bonds. The van der Waals surface area contributed by atoms with Crippen LogP contribution in [0.4, 0.5) is 4.39 Å². The zero-order chi connectivity index (χ0) is 17.7. The van der Waals surface area contributed by atoms with Gasteiger partial charge in [0.05, 0.1) is 10.9 Å². The number of rotatable bonds is 6. The molecule has 8 heteroatoms. The lowest BCUT2D eigenvalue weighted by atomic mass is 10.2. The van der Waals surface area contributed by atoms with Crippen molar-refractivity contribution in [3.05, 3.63) is 64.9 Å². The van der Waals surface area contributed by atoms with E-state index in [9.17, 15) is 17.6 Å². The van der Waals surface area contributed by atoms with Gasteiger partial charge in [-0.15, -0.1) is 0 Å². The molecule has 5 nitrogen and oxygen atoms in total. The Labute approximate surface area is 144 Å². The first kappa shape index (κ1) is 18.4. The number of halogens is 2. The van der Waals surface area contributed by atoms with Crippen LogP contribution in [0, 0.1) is 5.82 Å². The number of carbonyl (C=O) groups is 1. The smallest absolute Gasteiger partial charge is 0.241 e. The molecule has 1 atom stereocenters. The maximum atomic E-state index is 12.9. The van der Waals surface area contributed by atoms with Crippen molar-refractivity contribution >= 4 is 27.5 Å². The van der Waals surface area contributed by atoms with Gasteiger partial charge in [0, 0.05) is 11.6 Å². The summed E-state index contributed by atoms with van der Waals surface area (Å²) >= 11 is 5.78. The molecule has 0 saturated carbocycles. The average Bonchev–Trinajstić information content (AvgIpc) is 2.54. The lowest BCUT2D eigenvalue weighted by Gasteiger charge is -2.14. The van der Waals surface area contributed by atoms with Gasteiger partial charge in [0.1, 0.15) is 5.82 Å². The molecule has 0 aromatic heterocycles. The minimum atomic E-state index is -3.90. The largest absolute Gasteiger partial charge is 0.351 e. The Hall–Kier alpha value is -1.96. The molecule has 2 aromatic carbocycles. The molecular weight excluding hydrogens is 355 g/mol. The van der Waals surface area contributed by atoms with Crippen LogP contribution in [0.5, 0.6) is 0 Å². The summed E-state index contributed by atoms with van der Waals surface area (Å²) in [4.78, 5) is 11.9. The average molecular weight is 371 g/mol. The molecule has 0 aliphatic rings. The number of hydrogen-bond acceptors (Lipinski definition) is 3. The predicted molar refractivity (Wildman–Crippen MR) is 89.5 cm³/mol. The second-order valence-corrected chi connectivity index (χ2v) is 7.29. The number of carbonyl (C=O) groups excluding carboxylic acids is 1. The maximum absolute atomic E-state index is 12.9. The molecule has 0 bridgehead atoms. The summed E-state index contributed by atoms with van der Waals surface area (Å²) in [6.45, 7) is 1.68. The summed E-state index contributed by atoms with van der Waals surface area (Å²) in [5.74, 6) is -1.02. The van der Waals surface area contributed by atoms with Crippen LogP contribution in [0.25, 0.3) is 0 Å². The normalized spacial score (nSPS) is 12.6. The van der Waals surface area contributed by atoms with Crippen molar-refractivity contribution in [3.63, 3.8) is 0 Å². The monoisotopic (exact) mass is 370 g/mol. The lowest BCUT2D eigenvalue weighted by molar-refractivity contribution is -0.122. The van der Waals surface area contributed by atoms with Gasteiger partial charge in [-0.2, -0.15) is 4.72 Å². The Bertz CT molecular complexity index is 808. The van der Waals surface area contributed by atoms with Gasteiger partial charge in [-0.25, -0.2) is 12.8 Å². The van der Waals surface area contributed by atoms with E-state index >= 15 is 0 Å². The summed E-state index contributed by atoms with van der Waals surface area (Å²) < 4.78 is 39.4. The van der Waals surface area contributed by atoms with Crippen molar-refractivity contribution in [2.45, 2.75) is 24.4 Å². The number of hydrogen-bond donors (Lipinski definition) is 2. The van der Waals surface area contributed by atoms with Crippen molar-refractivity contribution in [1.82, 2.24) is 10.0 Å². The fraction of sp³-hybridized carbons (Fsp3) is 0.188. The van der Waals surface area contributed by atoms with E-state index in [2.05, 4.69) is 10.0 Å². The van der Waals surface area contributed by atoms with Crippen molar-refractivity contribution in [3.8, 4) is 0 Å². The highest BCUT2D eigenvalue weighted by atomic mass is 35.5. The number of sulfonamides is 1. The second kappa shape index (κ2) is 7.74. The summed E-state index contributed by atoms with van der Waals surface area (Å²) in [5, 5.41) is 3.22. The Kier molecular flexibility index (Phi) is 5.93. The molecule has 0 spiro atoms. The third-order valence-electron chi connectivity index (χ3n) is 3.23. The van der Waals surface area contributed by atoms with E-state index in [-0.39, 0.29) is 11.4 Å². The molecule has 2 aromatic rings. The van der Waals surface area contributed by atoms with E-state index in [1.165, 1.54) is 6.92 Å². The van der Waals surface area contributed by atoms with Crippen LogP contribution in [0.1, 0.15) is 12.5 Å². The summed E-state index contributed by atoms with van der Waals surface area (Å²) in [7, 11) is -3.90. The fourth-order valence-electron chi connectivity index (χ4n) is 1.91. The Morgan fingerprint density at radius 3 is 2.29 bits per heavy atom. The number of benzene rings is 2. The van der Waals surface area contributed by atoms with Gasteiger partial charge in [0.25, 0.3) is 0 Å². The van der Waals surface area contributed by atoms with Gasteiger partial charge >= 0.3 is 0 Å². The minimum Gasteiger partial charge on any atom is -0.351 e. The van der Waals surface area contributed by atoms with E-state index in [1.54, 1.807) is 24.3 Å². The first-order chi connectivity index (χ1) is 11.3. The van der Waals surface area contributed by atoms with Crippen molar-refractivity contribution in [1.29, 1.82) is 0 Å². The fourth-order valence-corrected chi connectivity index (χ4v) is 3.24. The first-order valence-electron chi connectivity index (χ1n) is 7.08. The highest BCUT2D eigenvalue weighted by Crippen LogP contribution is 2.11. The topological polar surface area (TPSA) is 75.3 Å². The van der Waals surface area contributed by atoms with Gasteiger partial charge in [0.2, 0.25) is 15.9 Å². The predicted octanol–water partition coefficient (Wildman–Crippen LogP) is 2.46. The summed E-state index contributed by atoms with van der Waals surface area (Å²) in [6.07, 6.45) is 0. The lowest BCUT2D eigenvalue weighted by Crippen LogP contribution is -2.44. The highest BCUT2D eigenvalue weighted by Gasteiger charge is 2.21. The zero-order valence-corrected chi connectivity index (χ0v) is 14.4. The molecule has 24 heavy (non-hydrogen) atoms. The van der Waals surface area contributed by atoms with Gasteiger partial charge < -0.3 is 5.32 Å². The molecule has 0 aliphatic heterocycles. The van der Waals surface area contributed by atoms with Crippen molar-refractivity contribution < 1.29 is 17.6 Å². The molecule has 2 N–H and O–H groups in total. The highest BCUT2D eigenvalue weighted by molar-refractivity contribution is 7.89. The Morgan fingerprint density at radius 2 is 1.71 bits per heavy atom. The molecule has 128 valence electrons. The van der Waals surface area contributed by atoms with E-state index in [0.29, 0.717) is 5.02 Å². The second-order valence-electron chi connectivity index (χ2n) is 5.14. The van der Waals surface area contributed by atoms with Gasteiger partial charge in [0.15, 0.2) is 0 Å². The van der Waals surface area contributed by atoms with Gasteiger partial charge in [-0.3, -0.25) is 4.79 Å². The number of nitrogens with one attached hydrogen (secondary N) is 2. The Morgan fingerprint density at radius 1 is 1.12 bits per heavy atom. The van der Waals surface area contributed by atoms with E-state index in [1.807, 2.05) is 0 Å². The van der Waals surface area contributed by atoms with Gasteiger partial charge in [-0.1, -0.05) is 23.7 Å². The quantitative estimate of drug-likeness (QED) is 0.820. The Balaban J connectivity index is 1.95. The van der Waals surface area contributed by atoms with E-state index in [4.69, 9.17) is 11.6 Å². The van der Waals surface area contributed by atoms with Crippen LogP contribution in [0.15, 0.2) is 53.4 Å². The molecule has 2 rings (SSSR count). The van der Waals surface area contributed by atoms with Crippen LogP contribution < -0.4 is 10.0 Å². The van der Waals surface area contributed by atoms with Crippen LogP contribution >= 0.6 is 11.6 Å². The number of amides is 1. The standard InChI is InChI=1S/C16H16ClFN2O3S/c1-11(16(21)19-10-12-2-4-13(17)5-3-12)20-24(22,23)15-8-6-14(18)7-9-15/h2-9,11,20H,10H2,1H3,(H,19,21)/t11-/m0/s1. The van der Waals surface area contributed by atoms with Crippen LogP contribution in [-0.2, 0) is 21.4 Å². The molecule has 0 unspecified atom stereocenters.